The fourth-order valence-electron chi connectivity index (χ4n) is 3.73. The number of esters is 1. The molecule has 6 nitrogen and oxygen atoms in total. The molecule has 1 heterocycles. The highest BCUT2D eigenvalue weighted by atomic mass is 16.7. The summed E-state index contributed by atoms with van der Waals surface area (Å²) in [7, 11) is 1.62. The predicted octanol–water partition coefficient (Wildman–Crippen LogP) is 3.99. The molecule has 2 fully saturated rings. The van der Waals surface area contributed by atoms with Crippen LogP contribution in [0.2, 0.25) is 0 Å². The third kappa shape index (κ3) is 4.38. The van der Waals surface area contributed by atoms with Crippen LogP contribution in [0.25, 0.3) is 0 Å². The average molecular weight is 398 g/mol. The summed E-state index contributed by atoms with van der Waals surface area (Å²) in [6.07, 6.45) is 0.231. The van der Waals surface area contributed by atoms with Gasteiger partial charge in [0.1, 0.15) is 18.1 Å². The van der Waals surface area contributed by atoms with Gasteiger partial charge in [-0.2, -0.15) is 0 Å². The summed E-state index contributed by atoms with van der Waals surface area (Å²) >= 11 is 0. The number of carbonyl (C=O) groups is 1. The van der Waals surface area contributed by atoms with Gasteiger partial charge < -0.3 is 23.7 Å². The molecule has 2 aliphatic rings. The van der Waals surface area contributed by atoms with Crippen molar-refractivity contribution in [2.24, 2.45) is 5.92 Å². The number of methoxy groups -OCH3 is 1. The van der Waals surface area contributed by atoms with Crippen molar-refractivity contribution >= 4 is 5.97 Å². The molecule has 2 aromatic carbocycles. The molecule has 2 atom stereocenters. The second kappa shape index (κ2) is 8.84. The van der Waals surface area contributed by atoms with E-state index in [0.717, 1.165) is 23.1 Å². The SMILES string of the molecule is CCOC(=O)C1CC1c1cc(OC)cc(OCc2ccccc2)c1C1OCCO1. The van der Waals surface area contributed by atoms with Crippen LogP contribution in [-0.4, -0.2) is 32.9 Å². The van der Waals surface area contributed by atoms with Crippen LogP contribution in [0.3, 0.4) is 0 Å². The number of hydrogen-bond donors (Lipinski definition) is 0. The summed E-state index contributed by atoms with van der Waals surface area (Å²) in [5.41, 5.74) is 2.88. The van der Waals surface area contributed by atoms with E-state index in [1.807, 2.05) is 49.4 Å². The molecule has 6 heteroatoms. The number of rotatable bonds is 8. The molecule has 0 spiro atoms. The number of hydrogen-bond acceptors (Lipinski definition) is 6. The standard InChI is InChI=1S/C23H26O6/c1-3-26-22(24)19-13-17(19)18-11-16(25-2)12-20(21(18)23-27-9-10-28-23)29-14-15-7-5-4-6-8-15/h4-8,11-12,17,19,23H,3,9-10,13-14H2,1-2H3. The highest BCUT2D eigenvalue weighted by Gasteiger charge is 2.48. The summed E-state index contributed by atoms with van der Waals surface area (Å²) < 4.78 is 28.5. The fraction of sp³-hybridized carbons (Fsp3) is 0.435. The molecule has 1 aliphatic heterocycles. The van der Waals surface area contributed by atoms with Gasteiger partial charge in [0.05, 0.1) is 38.4 Å². The van der Waals surface area contributed by atoms with Gasteiger partial charge in [0.15, 0.2) is 6.29 Å². The quantitative estimate of drug-likeness (QED) is 0.627. The Bertz CT molecular complexity index is 844. The van der Waals surface area contributed by atoms with E-state index in [0.29, 0.717) is 37.9 Å². The van der Waals surface area contributed by atoms with Crippen LogP contribution >= 0.6 is 0 Å². The highest BCUT2D eigenvalue weighted by molar-refractivity contribution is 5.78. The van der Waals surface area contributed by atoms with Gasteiger partial charge >= 0.3 is 5.97 Å². The van der Waals surface area contributed by atoms with E-state index >= 15 is 0 Å². The van der Waals surface area contributed by atoms with Crippen LogP contribution in [0.1, 0.15) is 42.2 Å². The van der Waals surface area contributed by atoms with Crippen molar-refractivity contribution in [3.8, 4) is 11.5 Å². The topological polar surface area (TPSA) is 63.2 Å². The number of benzene rings is 2. The van der Waals surface area contributed by atoms with Crippen LogP contribution < -0.4 is 9.47 Å². The molecule has 4 rings (SSSR count). The third-order valence-electron chi connectivity index (χ3n) is 5.26. The first-order valence-corrected chi connectivity index (χ1v) is 9.99. The Kier molecular flexibility index (Phi) is 6.02. The molecule has 1 saturated carbocycles. The van der Waals surface area contributed by atoms with Crippen molar-refractivity contribution in [3.63, 3.8) is 0 Å². The summed E-state index contributed by atoms with van der Waals surface area (Å²) in [6.45, 7) is 3.68. The Morgan fingerprint density at radius 3 is 2.59 bits per heavy atom. The molecule has 2 aromatic rings. The predicted molar refractivity (Wildman–Crippen MR) is 106 cm³/mol. The second-order valence-electron chi connectivity index (χ2n) is 7.18. The first-order valence-electron chi connectivity index (χ1n) is 9.99. The minimum Gasteiger partial charge on any atom is -0.497 e. The summed E-state index contributed by atoms with van der Waals surface area (Å²) in [6, 6.07) is 13.8. The lowest BCUT2D eigenvalue weighted by molar-refractivity contribution is -0.144. The van der Waals surface area contributed by atoms with E-state index in [9.17, 15) is 4.79 Å². The van der Waals surface area contributed by atoms with Crippen molar-refractivity contribution in [2.45, 2.75) is 32.2 Å². The lowest BCUT2D eigenvalue weighted by Gasteiger charge is -2.21. The van der Waals surface area contributed by atoms with Gasteiger partial charge in [0.2, 0.25) is 0 Å². The smallest absolute Gasteiger partial charge is 0.309 e. The van der Waals surface area contributed by atoms with Gasteiger partial charge in [0.25, 0.3) is 0 Å². The minimum absolute atomic E-state index is 0.0472. The highest BCUT2D eigenvalue weighted by Crippen LogP contribution is 2.53. The van der Waals surface area contributed by atoms with Crippen molar-refractivity contribution in [1.29, 1.82) is 0 Å². The van der Waals surface area contributed by atoms with E-state index in [-0.39, 0.29) is 17.8 Å². The zero-order valence-corrected chi connectivity index (χ0v) is 16.8. The van der Waals surface area contributed by atoms with Crippen LogP contribution in [0.5, 0.6) is 11.5 Å². The molecule has 29 heavy (non-hydrogen) atoms. The maximum Gasteiger partial charge on any atom is 0.309 e. The summed E-state index contributed by atoms with van der Waals surface area (Å²) in [5.74, 6) is 1.07. The first-order chi connectivity index (χ1) is 14.2. The van der Waals surface area contributed by atoms with E-state index in [1.54, 1.807) is 7.11 Å². The van der Waals surface area contributed by atoms with Crippen molar-refractivity contribution < 1.29 is 28.5 Å². The van der Waals surface area contributed by atoms with Crippen LogP contribution in [0.15, 0.2) is 42.5 Å². The monoisotopic (exact) mass is 398 g/mol. The van der Waals surface area contributed by atoms with Gasteiger partial charge in [-0.25, -0.2) is 0 Å². The van der Waals surface area contributed by atoms with Crippen LogP contribution in [-0.2, 0) is 25.6 Å². The van der Waals surface area contributed by atoms with E-state index < -0.39 is 6.29 Å². The lowest BCUT2D eigenvalue weighted by atomic mass is 9.99. The van der Waals surface area contributed by atoms with Crippen LogP contribution in [0, 0.1) is 5.92 Å². The van der Waals surface area contributed by atoms with Crippen molar-refractivity contribution in [2.75, 3.05) is 26.9 Å². The Balaban J connectivity index is 1.66. The van der Waals surface area contributed by atoms with Gasteiger partial charge in [0, 0.05) is 6.07 Å². The van der Waals surface area contributed by atoms with Gasteiger partial charge in [-0.05, 0) is 36.5 Å². The number of carbonyl (C=O) groups excluding carboxylic acids is 1. The zero-order valence-electron chi connectivity index (χ0n) is 16.8. The van der Waals surface area contributed by atoms with Crippen LogP contribution in [0.4, 0.5) is 0 Å². The van der Waals surface area contributed by atoms with Gasteiger partial charge in [-0.15, -0.1) is 0 Å². The maximum absolute atomic E-state index is 12.2. The van der Waals surface area contributed by atoms with Crippen molar-refractivity contribution in [3.05, 3.63) is 59.2 Å². The average Bonchev–Trinajstić information content (AvgIpc) is 3.38. The largest absolute Gasteiger partial charge is 0.497 e. The second-order valence-corrected chi connectivity index (χ2v) is 7.18. The molecule has 0 N–H and O–H groups in total. The molecule has 154 valence electrons. The molecule has 0 radical (unpaired) electrons. The Morgan fingerprint density at radius 2 is 1.90 bits per heavy atom. The summed E-state index contributed by atoms with van der Waals surface area (Å²) in [4.78, 5) is 12.2. The van der Waals surface area contributed by atoms with E-state index in [1.165, 1.54) is 0 Å². The third-order valence-corrected chi connectivity index (χ3v) is 5.26. The normalized spacial score (nSPS) is 21.0. The molecular formula is C23H26O6. The first kappa shape index (κ1) is 19.7. The molecule has 0 amide bonds. The van der Waals surface area contributed by atoms with Gasteiger partial charge in [-0.1, -0.05) is 30.3 Å². The van der Waals surface area contributed by atoms with Crippen molar-refractivity contribution in [1.82, 2.24) is 0 Å². The minimum atomic E-state index is -0.509. The lowest BCUT2D eigenvalue weighted by Crippen LogP contribution is -2.11. The fourth-order valence-corrected chi connectivity index (χ4v) is 3.73. The molecular weight excluding hydrogens is 372 g/mol. The Labute approximate surface area is 170 Å². The summed E-state index contributed by atoms with van der Waals surface area (Å²) in [5, 5.41) is 0. The Hall–Kier alpha value is -2.57. The maximum atomic E-state index is 12.2. The number of ether oxygens (including phenoxy) is 5. The molecule has 0 bridgehead atoms. The Morgan fingerprint density at radius 1 is 1.14 bits per heavy atom. The van der Waals surface area contributed by atoms with E-state index in [4.69, 9.17) is 23.7 Å². The van der Waals surface area contributed by atoms with Gasteiger partial charge in [-0.3, -0.25) is 4.79 Å². The molecule has 2 unspecified atom stereocenters. The molecule has 1 saturated heterocycles. The van der Waals surface area contributed by atoms with E-state index in [2.05, 4.69) is 0 Å². The molecule has 1 aliphatic carbocycles. The molecule has 0 aromatic heterocycles. The zero-order chi connectivity index (χ0) is 20.2.